The smallest absolute Gasteiger partial charge is 0.231 e. The van der Waals surface area contributed by atoms with Crippen LogP contribution in [-0.2, 0) is 11.2 Å². The molecule has 5 heteroatoms. The van der Waals surface area contributed by atoms with Gasteiger partial charge in [0.15, 0.2) is 5.82 Å². The first-order valence-electron chi connectivity index (χ1n) is 10.3. The molecule has 146 valence electrons. The molecule has 2 aromatic carbocycles. The van der Waals surface area contributed by atoms with E-state index >= 15 is 0 Å². The number of hydrogen-bond acceptors (Lipinski definition) is 4. The summed E-state index contributed by atoms with van der Waals surface area (Å²) in [5, 5.41) is 8.87. The number of nitrogens with zero attached hydrogens (tertiary/aromatic N) is 4. The Balaban J connectivity index is 1.30. The van der Waals surface area contributed by atoms with Crippen LogP contribution in [-0.4, -0.2) is 35.7 Å². The fraction of sp³-hybridized carbons (Fsp3) is 0.292. The summed E-state index contributed by atoms with van der Waals surface area (Å²) in [6, 6.07) is 22.4. The number of anilines is 2. The topological polar surface area (TPSA) is 49.3 Å². The highest BCUT2D eigenvalue weighted by Gasteiger charge is 2.33. The van der Waals surface area contributed by atoms with Gasteiger partial charge in [0.05, 0.1) is 11.6 Å². The normalized spacial score (nSPS) is 18.6. The maximum absolute atomic E-state index is 13.2. The van der Waals surface area contributed by atoms with Crippen LogP contribution in [0.15, 0.2) is 66.7 Å². The second-order valence-electron chi connectivity index (χ2n) is 7.80. The lowest BCUT2D eigenvalue weighted by Gasteiger charge is -2.34. The largest absolute Gasteiger partial charge is 0.354 e. The average molecular weight is 384 g/mol. The minimum atomic E-state index is 0.00510. The molecule has 3 heterocycles. The number of amides is 1. The minimum Gasteiger partial charge on any atom is -0.354 e. The number of hydrogen-bond donors (Lipinski definition) is 0. The zero-order chi connectivity index (χ0) is 19.6. The number of rotatable bonds is 3. The van der Waals surface area contributed by atoms with Crippen molar-refractivity contribution < 1.29 is 4.79 Å². The van der Waals surface area contributed by atoms with Crippen molar-refractivity contribution in [3.05, 3.63) is 72.3 Å². The van der Waals surface area contributed by atoms with Gasteiger partial charge in [0.25, 0.3) is 0 Å². The van der Waals surface area contributed by atoms with Gasteiger partial charge >= 0.3 is 0 Å². The van der Waals surface area contributed by atoms with Crippen LogP contribution in [0.5, 0.6) is 0 Å². The molecule has 0 radical (unpaired) electrons. The molecule has 1 unspecified atom stereocenters. The lowest BCUT2D eigenvalue weighted by molar-refractivity contribution is -0.122. The van der Waals surface area contributed by atoms with Crippen molar-refractivity contribution in [2.24, 2.45) is 5.92 Å². The van der Waals surface area contributed by atoms with Gasteiger partial charge < -0.3 is 9.80 Å². The summed E-state index contributed by atoms with van der Waals surface area (Å²) < 4.78 is 0. The Morgan fingerprint density at radius 3 is 2.55 bits per heavy atom. The molecule has 5 nitrogen and oxygen atoms in total. The molecule has 0 bridgehead atoms. The molecule has 0 spiro atoms. The second kappa shape index (κ2) is 7.66. The van der Waals surface area contributed by atoms with Crippen LogP contribution in [0.2, 0.25) is 0 Å². The monoisotopic (exact) mass is 384 g/mol. The number of aromatic nitrogens is 2. The van der Waals surface area contributed by atoms with Gasteiger partial charge in [-0.15, -0.1) is 10.2 Å². The van der Waals surface area contributed by atoms with Crippen LogP contribution in [0.1, 0.15) is 18.4 Å². The van der Waals surface area contributed by atoms with Crippen molar-refractivity contribution in [3.8, 4) is 11.3 Å². The van der Waals surface area contributed by atoms with E-state index in [1.165, 1.54) is 5.56 Å². The van der Waals surface area contributed by atoms with E-state index in [4.69, 9.17) is 0 Å². The summed E-state index contributed by atoms with van der Waals surface area (Å²) in [5.74, 6) is 1.10. The molecule has 1 amide bonds. The van der Waals surface area contributed by atoms with Gasteiger partial charge in [0.1, 0.15) is 0 Å². The first-order valence-corrected chi connectivity index (χ1v) is 10.3. The highest BCUT2D eigenvalue weighted by Crippen LogP contribution is 2.31. The predicted octanol–water partition coefficient (Wildman–Crippen LogP) is 3.95. The van der Waals surface area contributed by atoms with E-state index < -0.39 is 0 Å². The van der Waals surface area contributed by atoms with Crippen LogP contribution < -0.4 is 9.80 Å². The van der Waals surface area contributed by atoms with Crippen LogP contribution in [0.3, 0.4) is 0 Å². The fourth-order valence-corrected chi connectivity index (χ4v) is 4.43. The molecule has 0 N–H and O–H groups in total. The van der Waals surface area contributed by atoms with Gasteiger partial charge in [-0.1, -0.05) is 48.5 Å². The molecule has 0 aliphatic carbocycles. The van der Waals surface area contributed by atoms with Crippen molar-refractivity contribution in [1.29, 1.82) is 0 Å². The van der Waals surface area contributed by atoms with Gasteiger partial charge in [0, 0.05) is 30.9 Å². The summed E-state index contributed by atoms with van der Waals surface area (Å²) >= 11 is 0. The molecule has 1 fully saturated rings. The SMILES string of the molecule is O=C(C1CCCN(c2ccc(-c3ccccc3)nn2)C1)N1CCc2ccccc21. The molecule has 1 atom stereocenters. The Kier molecular flexibility index (Phi) is 4.72. The summed E-state index contributed by atoms with van der Waals surface area (Å²) in [6.07, 6.45) is 2.88. The quantitative estimate of drug-likeness (QED) is 0.686. The Labute approximate surface area is 171 Å². The van der Waals surface area contributed by atoms with E-state index in [2.05, 4.69) is 27.2 Å². The van der Waals surface area contributed by atoms with Crippen LogP contribution in [0, 0.1) is 5.92 Å². The maximum atomic E-state index is 13.2. The second-order valence-corrected chi connectivity index (χ2v) is 7.80. The number of fused-ring (bicyclic) bond motifs is 1. The van der Waals surface area contributed by atoms with Crippen molar-refractivity contribution in [2.75, 3.05) is 29.4 Å². The number of piperidine rings is 1. The van der Waals surface area contributed by atoms with Gasteiger partial charge in [-0.05, 0) is 43.0 Å². The molecule has 2 aliphatic heterocycles. The molecule has 5 rings (SSSR count). The Bertz CT molecular complexity index is 1000. The predicted molar refractivity (Wildman–Crippen MR) is 115 cm³/mol. The van der Waals surface area contributed by atoms with E-state index in [0.717, 1.165) is 55.1 Å². The molecule has 3 aromatic rings. The van der Waals surface area contributed by atoms with E-state index in [0.29, 0.717) is 6.54 Å². The molecular formula is C24H24N4O. The fourth-order valence-electron chi connectivity index (χ4n) is 4.43. The summed E-state index contributed by atoms with van der Waals surface area (Å²) in [6.45, 7) is 2.41. The molecule has 29 heavy (non-hydrogen) atoms. The highest BCUT2D eigenvalue weighted by molar-refractivity contribution is 5.97. The lowest BCUT2D eigenvalue weighted by Crippen LogP contribution is -2.45. The zero-order valence-electron chi connectivity index (χ0n) is 16.4. The van der Waals surface area contributed by atoms with Gasteiger partial charge in [0.2, 0.25) is 5.91 Å². The molecule has 2 aliphatic rings. The van der Waals surface area contributed by atoms with Crippen LogP contribution >= 0.6 is 0 Å². The first-order chi connectivity index (χ1) is 14.3. The third kappa shape index (κ3) is 3.48. The van der Waals surface area contributed by atoms with Crippen molar-refractivity contribution in [2.45, 2.75) is 19.3 Å². The van der Waals surface area contributed by atoms with E-state index in [1.807, 2.05) is 59.5 Å². The number of carbonyl (C=O) groups excluding carboxylic acids is 1. The van der Waals surface area contributed by atoms with E-state index in [-0.39, 0.29) is 11.8 Å². The molecule has 1 aromatic heterocycles. The Morgan fingerprint density at radius 1 is 0.897 bits per heavy atom. The zero-order valence-corrected chi connectivity index (χ0v) is 16.4. The van der Waals surface area contributed by atoms with Crippen molar-refractivity contribution in [1.82, 2.24) is 10.2 Å². The highest BCUT2D eigenvalue weighted by atomic mass is 16.2. The van der Waals surface area contributed by atoms with Gasteiger partial charge in [-0.2, -0.15) is 0 Å². The Morgan fingerprint density at radius 2 is 1.72 bits per heavy atom. The number of benzene rings is 2. The molecule has 0 saturated carbocycles. The Hall–Kier alpha value is -3.21. The first kappa shape index (κ1) is 17.9. The summed E-state index contributed by atoms with van der Waals surface area (Å²) in [5.41, 5.74) is 4.29. The third-order valence-corrected chi connectivity index (χ3v) is 5.97. The van der Waals surface area contributed by atoms with E-state index in [1.54, 1.807) is 0 Å². The number of carbonyl (C=O) groups is 1. The number of para-hydroxylation sites is 1. The molecular weight excluding hydrogens is 360 g/mol. The lowest BCUT2D eigenvalue weighted by atomic mass is 9.96. The standard InChI is InChI=1S/C24H24N4O/c29-24(28-16-14-19-9-4-5-11-22(19)28)20-10-6-15-27(17-20)23-13-12-21(25-26-23)18-7-2-1-3-8-18/h1-5,7-9,11-13,20H,6,10,14-17H2. The summed E-state index contributed by atoms with van der Waals surface area (Å²) in [4.78, 5) is 17.4. The van der Waals surface area contributed by atoms with Gasteiger partial charge in [-0.25, -0.2) is 0 Å². The van der Waals surface area contributed by atoms with Crippen LogP contribution in [0.25, 0.3) is 11.3 Å². The molecule has 1 saturated heterocycles. The summed E-state index contributed by atoms with van der Waals surface area (Å²) in [7, 11) is 0. The third-order valence-electron chi connectivity index (χ3n) is 5.97. The maximum Gasteiger partial charge on any atom is 0.231 e. The van der Waals surface area contributed by atoms with Gasteiger partial charge in [-0.3, -0.25) is 4.79 Å². The van der Waals surface area contributed by atoms with E-state index in [9.17, 15) is 4.79 Å². The average Bonchev–Trinajstić information content (AvgIpc) is 3.24. The van der Waals surface area contributed by atoms with Crippen molar-refractivity contribution in [3.63, 3.8) is 0 Å². The minimum absolute atomic E-state index is 0.00510. The van der Waals surface area contributed by atoms with Crippen LogP contribution in [0.4, 0.5) is 11.5 Å². The van der Waals surface area contributed by atoms with Crippen molar-refractivity contribution >= 4 is 17.4 Å².